The van der Waals surface area contributed by atoms with Crippen LogP contribution in [0.25, 0.3) is 0 Å². The lowest BCUT2D eigenvalue weighted by atomic mass is 10.1. The van der Waals surface area contributed by atoms with Crippen LogP contribution < -0.4 is 5.32 Å². The minimum Gasteiger partial charge on any atom is -0.354 e. The normalized spacial score (nSPS) is 23.1. The molecular formula is C14H14N2O3. The summed E-state index contributed by atoms with van der Waals surface area (Å²) in [5.74, 6) is -0.947. The fourth-order valence-electron chi connectivity index (χ4n) is 2.66. The minimum atomic E-state index is -0.671. The summed E-state index contributed by atoms with van der Waals surface area (Å²) < 4.78 is 0. The van der Waals surface area contributed by atoms with Crippen molar-refractivity contribution >= 4 is 17.7 Å². The molecule has 0 bridgehead atoms. The van der Waals surface area contributed by atoms with Gasteiger partial charge in [0.05, 0.1) is 11.1 Å². The van der Waals surface area contributed by atoms with Gasteiger partial charge in [-0.25, -0.2) is 0 Å². The molecule has 0 aliphatic carbocycles. The van der Waals surface area contributed by atoms with Gasteiger partial charge in [-0.15, -0.1) is 0 Å². The van der Waals surface area contributed by atoms with Crippen LogP contribution in [-0.4, -0.2) is 35.2 Å². The Labute approximate surface area is 110 Å². The number of hydrogen-bond acceptors (Lipinski definition) is 3. The lowest BCUT2D eigenvalue weighted by Crippen LogP contribution is -2.48. The summed E-state index contributed by atoms with van der Waals surface area (Å²) in [7, 11) is 0. The first-order valence-corrected chi connectivity index (χ1v) is 6.45. The largest absolute Gasteiger partial charge is 0.354 e. The fourth-order valence-corrected chi connectivity index (χ4v) is 2.66. The third-order valence-electron chi connectivity index (χ3n) is 3.64. The van der Waals surface area contributed by atoms with Crippen molar-refractivity contribution in [3.63, 3.8) is 0 Å². The van der Waals surface area contributed by atoms with E-state index in [1.54, 1.807) is 24.3 Å². The van der Waals surface area contributed by atoms with Crippen LogP contribution in [0.4, 0.5) is 0 Å². The average molecular weight is 258 g/mol. The standard InChI is InChI=1S/C14H14N2O3/c17-12-11(7-3-4-8-15-12)16-13(18)9-5-1-2-6-10(9)14(16)19/h1-2,5-6,11H,3-4,7-8H2,(H,15,17)/t11-/m0/s1. The van der Waals surface area contributed by atoms with Gasteiger partial charge >= 0.3 is 0 Å². The highest BCUT2D eigenvalue weighted by Crippen LogP contribution is 2.26. The van der Waals surface area contributed by atoms with Crippen LogP contribution in [0, 0.1) is 0 Å². The van der Waals surface area contributed by atoms with Crippen molar-refractivity contribution < 1.29 is 14.4 Å². The average Bonchev–Trinajstić information content (AvgIpc) is 2.57. The molecule has 0 unspecified atom stereocenters. The van der Waals surface area contributed by atoms with E-state index < -0.39 is 6.04 Å². The summed E-state index contributed by atoms with van der Waals surface area (Å²) in [6.45, 7) is 0.610. The molecule has 0 saturated carbocycles. The third kappa shape index (κ3) is 1.82. The molecule has 3 rings (SSSR count). The zero-order valence-corrected chi connectivity index (χ0v) is 10.4. The first-order valence-electron chi connectivity index (χ1n) is 6.45. The molecule has 3 amide bonds. The first kappa shape index (κ1) is 11.9. The lowest BCUT2D eigenvalue weighted by Gasteiger charge is -2.23. The second kappa shape index (κ2) is 4.50. The molecular weight excluding hydrogens is 244 g/mol. The van der Waals surface area contributed by atoms with Crippen LogP contribution in [0.5, 0.6) is 0 Å². The van der Waals surface area contributed by atoms with E-state index >= 15 is 0 Å². The Balaban J connectivity index is 1.97. The van der Waals surface area contributed by atoms with Gasteiger partial charge in [0, 0.05) is 6.54 Å². The van der Waals surface area contributed by atoms with Crippen molar-refractivity contribution in [1.82, 2.24) is 10.2 Å². The van der Waals surface area contributed by atoms with E-state index in [-0.39, 0.29) is 17.7 Å². The van der Waals surface area contributed by atoms with Crippen molar-refractivity contribution in [2.45, 2.75) is 25.3 Å². The van der Waals surface area contributed by atoms with Gasteiger partial charge in [-0.05, 0) is 31.4 Å². The second-order valence-electron chi connectivity index (χ2n) is 4.83. The van der Waals surface area contributed by atoms with Crippen molar-refractivity contribution in [2.24, 2.45) is 0 Å². The van der Waals surface area contributed by atoms with Crippen LogP contribution in [-0.2, 0) is 4.79 Å². The number of carbonyl (C=O) groups excluding carboxylic acids is 3. The molecule has 1 aromatic rings. The molecule has 0 spiro atoms. The molecule has 98 valence electrons. The number of benzene rings is 1. The molecule has 1 atom stereocenters. The van der Waals surface area contributed by atoms with Crippen LogP contribution in [0.1, 0.15) is 40.0 Å². The monoisotopic (exact) mass is 258 g/mol. The van der Waals surface area contributed by atoms with Crippen molar-refractivity contribution in [2.75, 3.05) is 6.54 Å². The molecule has 1 aromatic carbocycles. The van der Waals surface area contributed by atoms with Crippen LogP contribution in [0.15, 0.2) is 24.3 Å². The van der Waals surface area contributed by atoms with Gasteiger partial charge in [0.25, 0.3) is 11.8 Å². The van der Waals surface area contributed by atoms with E-state index in [4.69, 9.17) is 0 Å². The molecule has 2 heterocycles. The molecule has 1 N–H and O–H groups in total. The van der Waals surface area contributed by atoms with Crippen LogP contribution in [0.2, 0.25) is 0 Å². The summed E-state index contributed by atoms with van der Waals surface area (Å²) in [6, 6.07) is 6.03. The Morgan fingerprint density at radius 3 is 2.26 bits per heavy atom. The maximum absolute atomic E-state index is 12.3. The number of hydrogen-bond donors (Lipinski definition) is 1. The molecule has 2 aliphatic rings. The number of amides is 3. The lowest BCUT2D eigenvalue weighted by molar-refractivity contribution is -0.124. The molecule has 19 heavy (non-hydrogen) atoms. The molecule has 5 nitrogen and oxygen atoms in total. The number of fused-ring (bicyclic) bond motifs is 1. The van der Waals surface area contributed by atoms with E-state index in [9.17, 15) is 14.4 Å². The summed E-state index contributed by atoms with van der Waals surface area (Å²) in [5.41, 5.74) is 0.786. The van der Waals surface area contributed by atoms with E-state index in [1.807, 2.05) is 0 Å². The summed E-state index contributed by atoms with van der Waals surface area (Å²) >= 11 is 0. The van der Waals surface area contributed by atoms with Crippen LogP contribution in [0.3, 0.4) is 0 Å². The van der Waals surface area contributed by atoms with Gasteiger partial charge < -0.3 is 5.32 Å². The highest BCUT2D eigenvalue weighted by atomic mass is 16.2. The topological polar surface area (TPSA) is 66.5 Å². The zero-order valence-electron chi connectivity index (χ0n) is 10.4. The molecule has 1 fully saturated rings. The SMILES string of the molecule is O=C1NCCCC[C@@H]1N1C(=O)c2ccccc2C1=O. The maximum Gasteiger partial charge on any atom is 0.262 e. The van der Waals surface area contributed by atoms with Crippen molar-refractivity contribution in [1.29, 1.82) is 0 Å². The number of rotatable bonds is 1. The van der Waals surface area contributed by atoms with Crippen molar-refractivity contribution in [3.8, 4) is 0 Å². The highest BCUT2D eigenvalue weighted by Gasteiger charge is 2.42. The van der Waals surface area contributed by atoms with E-state index in [1.165, 1.54) is 0 Å². The molecule has 2 aliphatic heterocycles. The Morgan fingerprint density at radius 2 is 1.63 bits per heavy atom. The fraction of sp³-hybridized carbons (Fsp3) is 0.357. The number of nitrogens with zero attached hydrogens (tertiary/aromatic N) is 1. The second-order valence-corrected chi connectivity index (χ2v) is 4.83. The molecule has 5 heteroatoms. The highest BCUT2D eigenvalue weighted by molar-refractivity contribution is 6.22. The maximum atomic E-state index is 12.3. The smallest absolute Gasteiger partial charge is 0.262 e. The van der Waals surface area contributed by atoms with E-state index in [2.05, 4.69) is 5.32 Å². The molecule has 0 aromatic heterocycles. The number of nitrogens with one attached hydrogen (secondary N) is 1. The quantitative estimate of drug-likeness (QED) is 0.763. The Morgan fingerprint density at radius 1 is 1.00 bits per heavy atom. The minimum absolute atomic E-state index is 0.230. The van der Waals surface area contributed by atoms with Gasteiger partial charge in [0.2, 0.25) is 5.91 Å². The summed E-state index contributed by atoms with van der Waals surface area (Å²) in [4.78, 5) is 37.7. The van der Waals surface area contributed by atoms with E-state index in [0.29, 0.717) is 24.1 Å². The Kier molecular flexibility index (Phi) is 2.81. The third-order valence-corrected chi connectivity index (χ3v) is 3.64. The predicted octanol–water partition coefficient (Wildman–Crippen LogP) is 0.951. The van der Waals surface area contributed by atoms with Gasteiger partial charge in [-0.1, -0.05) is 12.1 Å². The number of imide groups is 1. The summed E-state index contributed by atoms with van der Waals surface area (Å²) in [5, 5.41) is 2.75. The number of carbonyl (C=O) groups is 3. The molecule has 0 radical (unpaired) electrons. The van der Waals surface area contributed by atoms with Gasteiger partial charge in [0.1, 0.15) is 6.04 Å². The Bertz CT molecular complexity index is 533. The molecule has 1 saturated heterocycles. The van der Waals surface area contributed by atoms with Crippen molar-refractivity contribution in [3.05, 3.63) is 35.4 Å². The summed E-state index contributed by atoms with van der Waals surface area (Å²) in [6.07, 6.45) is 2.25. The van der Waals surface area contributed by atoms with Gasteiger partial charge in [0.15, 0.2) is 0 Å². The Hall–Kier alpha value is -2.17. The predicted molar refractivity (Wildman–Crippen MR) is 67.6 cm³/mol. The van der Waals surface area contributed by atoms with Gasteiger partial charge in [-0.3, -0.25) is 19.3 Å². The first-order chi connectivity index (χ1) is 9.20. The zero-order chi connectivity index (χ0) is 13.4. The van der Waals surface area contributed by atoms with Gasteiger partial charge in [-0.2, -0.15) is 0 Å². The van der Waals surface area contributed by atoms with Crippen LogP contribution >= 0.6 is 0 Å². The van der Waals surface area contributed by atoms with E-state index in [0.717, 1.165) is 17.7 Å².